The fourth-order valence-corrected chi connectivity index (χ4v) is 3.03. The van der Waals surface area contributed by atoms with E-state index in [4.69, 9.17) is 0 Å². The number of carbonyl (C=O) groups excluding carboxylic acids is 1. The van der Waals surface area contributed by atoms with E-state index in [0.29, 0.717) is 18.8 Å². The maximum absolute atomic E-state index is 12.2. The molecule has 2 rings (SSSR count). The Bertz CT molecular complexity index is 519. The molecule has 0 radical (unpaired) electrons. The standard InChI is InChI=1S/C16H29N5O2/c1-4-13(5-2)21-14(9-12(3)20-21)19-15(22)18-11-16(23)7-6-8-17-10-16/h9,13,17,23H,4-8,10-11H2,1-3H3,(H2,18,19,22). The fraction of sp³-hybridized carbons (Fsp3) is 0.750. The van der Waals surface area contributed by atoms with Gasteiger partial charge in [0.2, 0.25) is 0 Å². The van der Waals surface area contributed by atoms with E-state index in [1.807, 2.05) is 17.7 Å². The molecular weight excluding hydrogens is 294 g/mol. The first-order valence-corrected chi connectivity index (χ1v) is 8.51. The lowest BCUT2D eigenvalue weighted by Gasteiger charge is -2.32. The Labute approximate surface area is 137 Å². The molecule has 2 amide bonds. The van der Waals surface area contributed by atoms with Crippen LogP contribution in [0, 0.1) is 6.92 Å². The highest BCUT2D eigenvalue weighted by Gasteiger charge is 2.29. The van der Waals surface area contributed by atoms with Gasteiger partial charge in [0.05, 0.1) is 17.3 Å². The molecule has 0 spiro atoms. The third-order valence-electron chi connectivity index (χ3n) is 4.42. The lowest BCUT2D eigenvalue weighted by Crippen LogP contribution is -2.53. The Kier molecular flexibility index (Phi) is 6.01. The van der Waals surface area contributed by atoms with Crippen LogP contribution in [0.3, 0.4) is 0 Å². The van der Waals surface area contributed by atoms with Crippen molar-refractivity contribution in [1.29, 1.82) is 0 Å². The number of nitrogens with zero attached hydrogens (tertiary/aromatic N) is 2. The molecule has 23 heavy (non-hydrogen) atoms. The van der Waals surface area contributed by atoms with Crippen molar-refractivity contribution in [2.75, 3.05) is 25.0 Å². The number of urea groups is 1. The van der Waals surface area contributed by atoms with Gasteiger partial charge in [0.25, 0.3) is 0 Å². The maximum atomic E-state index is 12.2. The van der Waals surface area contributed by atoms with Crippen LogP contribution in [0.25, 0.3) is 0 Å². The minimum Gasteiger partial charge on any atom is -0.387 e. The van der Waals surface area contributed by atoms with Crippen LogP contribution in [0.5, 0.6) is 0 Å². The molecule has 1 saturated heterocycles. The SMILES string of the molecule is CCC(CC)n1nc(C)cc1NC(=O)NCC1(O)CCCNC1. The predicted octanol–water partition coefficient (Wildman–Crippen LogP) is 1.79. The van der Waals surface area contributed by atoms with E-state index in [0.717, 1.165) is 31.5 Å². The summed E-state index contributed by atoms with van der Waals surface area (Å²) in [6, 6.07) is 1.83. The summed E-state index contributed by atoms with van der Waals surface area (Å²) in [5, 5.41) is 23.7. The van der Waals surface area contributed by atoms with Gasteiger partial charge in [-0.2, -0.15) is 5.10 Å². The number of anilines is 1. The van der Waals surface area contributed by atoms with Crippen molar-refractivity contribution in [2.24, 2.45) is 0 Å². The predicted molar refractivity (Wildman–Crippen MR) is 90.7 cm³/mol. The molecule has 7 nitrogen and oxygen atoms in total. The summed E-state index contributed by atoms with van der Waals surface area (Å²) in [6.07, 6.45) is 3.53. The Hall–Kier alpha value is -1.60. The normalized spacial score (nSPS) is 21.4. The second-order valence-electron chi connectivity index (χ2n) is 6.40. The summed E-state index contributed by atoms with van der Waals surface area (Å²) in [5.74, 6) is 0.697. The van der Waals surface area contributed by atoms with Crippen LogP contribution < -0.4 is 16.0 Å². The molecular formula is C16H29N5O2. The summed E-state index contributed by atoms with van der Waals surface area (Å²) in [7, 11) is 0. The Morgan fingerprint density at radius 3 is 2.87 bits per heavy atom. The number of aryl methyl sites for hydroxylation is 1. The van der Waals surface area contributed by atoms with Crippen LogP contribution in [-0.4, -0.2) is 46.2 Å². The molecule has 130 valence electrons. The molecule has 1 fully saturated rings. The number of carbonyl (C=O) groups is 1. The fourth-order valence-electron chi connectivity index (χ4n) is 3.03. The molecule has 1 aliphatic heterocycles. The summed E-state index contributed by atoms with van der Waals surface area (Å²) < 4.78 is 1.88. The van der Waals surface area contributed by atoms with Crippen molar-refractivity contribution in [3.8, 4) is 0 Å². The molecule has 1 atom stereocenters. The van der Waals surface area contributed by atoms with Crippen molar-refractivity contribution in [1.82, 2.24) is 20.4 Å². The number of hydrogen-bond donors (Lipinski definition) is 4. The number of nitrogens with one attached hydrogen (secondary N) is 3. The first-order chi connectivity index (χ1) is 11.0. The van der Waals surface area contributed by atoms with Gasteiger partial charge in [-0.05, 0) is 39.2 Å². The van der Waals surface area contributed by atoms with Gasteiger partial charge in [0, 0.05) is 19.2 Å². The van der Waals surface area contributed by atoms with E-state index < -0.39 is 5.60 Å². The maximum Gasteiger partial charge on any atom is 0.320 e. The Balaban J connectivity index is 1.95. The summed E-state index contributed by atoms with van der Waals surface area (Å²) >= 11 is 0. The van der Waals surface area contributed by atoms with Gasteiger partial charge in [-0.15, -0.1) is 0 Å². The largest absolute Gasteiger partial charge is 0.387 e. The van der Waals surface area contributed by atoms with Gasteiger partial charge in [0.1, 0.15) is 5.82 Å². The van der Waals surface area contributed by atoms with Gasteiger partial charge in [-0.1, -0.05) is 13.8 Å². The molecule has 0 aromatic carbocycles. The molecule has 0 aliphatic carbocycles. The lowest BCUT2D eigenvalue weighted by molar-refractivity contribution is 0.0198. The van der Waals surface area contributed by atoms with Crippen LogP contribution in [0.15, 0.2) is 6.07 Å². The van der Waals surface area contributed by atoms with Gasteiger partial charge in [-0.3, -0.25) is 5.32 Å². The van der Waals surface area contributed by atoms with Crippen LogP contribution in [0.1, 0.15) is 51.3 Å². The topological polar surface area (TPSA) is 91.2 Å². The van der Waals surface area contributed by atoms with Crippen LogP contribution >= 0.6 is 0 Å². The van der Waals surface area contributed by atoms with Crippen LogP contribution in [-0.2, 0) is 0 Å². The average molecular weight is 323 g/mol. The van der Waals surface area contributed by atoms with E-state index in [9.17, 15) is 9.90 Å². The third kappa shape index (κ3) is 4.68. The zero-order valence-electron chi connectivity index (χ0n) is 14.4. The van der Waals surface area contributed by atoms with Crippen molar-refractivity contribution in [3.63, 3.8) is 0 Å². The molecule has 4 N–H and O–H groups in total. The van der Waals surface area contributed by atoms with Crippen molar-refractivity contribution in [2.45, 2.75) is 58.1 Å². The van der Waals surface area contributed by atoms with Gasteiger partial charge in [0.15, 0.2) is 0 Å². The molecule has 1 aliphatic rings. The number of piperidine rings is 1. The number of amides is 2. The molecule has 2 heterocycles. The molecule has 0 bridgehead atoms. The highest BCUT2D eigenvalue weighted by Crippen LogP contribution is 2.22. The van der Waals surface area contributed by atoms with Gasteiger partial charge >= 0.3 is 6.03 Å². The highest BCUT2D eigenvalue weighted by atomic mass is 16.3. The smallest absolute Gasteiger partial charge is 0.320 e. The zero-order valence-corrected chi connectivity index (χ0v) is 14.4. The number of aliphatic hydroxyl groups is 1. The van der Waals surface area contributed by atoms with E-state index in [1.54, 1.807) is 0 Å². The van der Waals surface area contributed by atoms with E-state index in [1.165, 1.54) is 0 Å². The van der Waals surface area contributed by atoms with Crippen molar-refractivity contribution in [3.05, 3.63) is 11.8 Å². The zero-order chi connectivity index (χ0) is 16.9. The third-order valence-corrected chi connectivity index (χ3v) is 4.42. The van der Waals surface area contributed by atoms with Crippen molar-refractivity contribution >= 4 is 11.8 Å². The Morgan fingerprint density at radius 1 is 1.52 bits per heavy atom. The second-order valence-corrected chi connectivity index (χ2v) is 6.40. The lowest BCUT2D eigenvalue weighted by atomic mass is 9.94. The van der Waals surface area contributed by atoms with E-state index in [2.05, 4.69) is 34.9 Å². The summed E-state index contributed by atoms with van der Waals surface area (Å²) in [6.45, 7) is 7.81. The number of hydrogen-bond acceptors (Lipinski definition) is 4. The quantitative estimate of drug-likeness (QED) is 0.642. The number of aromatic nitrogens is 2. The van der Waals surface area contributed by atoms with Crippen molar-refractivity contribution < 1.29 is 9.90 Å². The second kappa shape index (κ2) is 7.79. The molecule has 1 aromatic rings. The molecule has 7 heteroatoms. The first-order valence-electron chi connectivity index (χ1n) is 8.51. The number of β-amino-alcohol motifs (C(OH)–C–C–N with tert-alkyl or cyclic N) is 1. The molecule has 1 unspecified atom stereocenters. The number of rotatable bonds is 6. The van der Waals surface area contributed by atoms with Crippen LogP contribution in [0.4, 0.5) is 10.6 Å². The Morgan fingerprint density at radius 2 is 2.26 bits per heavy atom. The molecule has 0 saturated carbocycles. The summed E-state index contributed by atoms with van der Waals surface area (Å²) in [5.41, 5.74) is 0.0171. The first kappa shape index (κ1) is 17.7. The van der Waals surface area contributed by atoms with Crippen LogP contribution in [0.2, 0.25) is 0 Å². The minimum atomic E-state index is -0.860. The average Bonchev–Trinajstić information content (AvgIpc) is 2.88. The minimum absolute atomic E-state index is 0.240. The van der Waals surface area contributed by atoms with E-state index in [-0.39, 0.29) is 18.6 Å². The highest BCUT2D eigenvalue weighted by molar-refractivity contribution is 5.88. The molecule has 1 aromatic heterocycles. The summed E-state index contributed by atoms with van der Waals surface area (Å²) in [4.78, 5) is 12.2. The van der Waals surface area contributed by atoms with Gasteiger partial charge < -0.3 is 15.7 Å². The monoisotopic (exact) mass is 323 g/mol. The van der Waals surface area contributed by atoms with Gasteiger partial charge in [-0.25, -0.2) is 9.48 Å². The van der Waals surface area contributed by atoms with E-state index >= 15 is 0 Å².